The van der Waals surface area contributed by atoms with Crippen LogP contribution in [0.4, 0.5) is 0 Å². The van der Waals surface area contributed by atoms with Gasteiger partial charge < -0.3 is 9.47 Å². The van der Waals surface area contributed by atoms with Gasteiger partial charge in [0.25, 0.3) is 5.41 Å². The highest BCUT2D eigenvalue weighted by atomic mass is 16.6. The number of rotatable bonds is 6. The molecule has 0 radical (unpaired) electrons. The minimum Gasteiger partial charge on any atom is -0.465 e. The fourth-order valence-corrected chi connectivity index (χ4v) is 1.82. The average molecular weight is 279 g/mol. The lowest BCUT2D eigenvalue weighted by molar-refractivity contribution is -0.167. The summed E-state index contributed by atoms with van der Waals surface area (Å²) in [5.41, 5.74) is -2.16. The maximum absolute atomic E-state index is 12.2. The lowest BCUT2D eigenvalue weighted by Crippen LogP contribution is -2.52. The number of carbonyl (C=O) groups excluding carboxylic acids is 3. The lowest BCUT2D eigenvalue weighted by Gasteiger charge is -2.25. The van der Waals surface area contributed by atoms with E-state index in [2.05, 4.69) is 4.98 Å². The fraction of sp³-hybridized carbons (Fsp3) is 0.429. The Balaban J connectivity index is 3.47. The third-order valence-electron chi connectivity index (χ3n) is 2.74. The maximum atomic E-state index is 12.2. The van der Waals surface area contributed by atoms with Crippen LogP contribution in [0.1, 0.15) is 26.5 Å². The minimum atomic E-state index is -2.16. The van der Waals surface area contributed by atoms with Gasteiger partial charge in [-0.15, -0.1) is 0 Å². The third kappa shape index (κ3) is 2.68. The van der Waals surface area contributed by atoms with Crippen molar-refractivity contribution in [3.63, 3.8) is 0 Å². The van der Waals surface area contributed by atoms with Gasteiger partial charge in [0.15, 0.2) is 5.78 Å². The molecule has 0 aliphatic heterocycles. The van der Waals surface area contributed by atoms with E-state index in [1.54, 1.807) is 26.0 Å². The topological polar surface area (TPSA) is 82.6 Å². The Kier molecular flexibility index (Phi) is 5.37. The summed E-state index contributed by atoms with van der Waals surface area (Å²) in [6.45, 7) is 4.40. The number of Topliss-reactive ketones (excluding diaryl/α,β-unsaturated/α-hetero) is 1. The molecular formula is C14H17NO5. The standard InChI is InChI=1S/C14H17NO5/c1-4-19-12(17)14(10(3)16,13(18)20-5-2)11-8-6-7-9-15-11/h6-9H,4-5H2,1-3H3. The molecule has 1 aromatic rings. The van der Waals surface area contributed by atoms with E-state index < -0.39 is 23.1 Å². The average Bonchev–Trinajstić information content (AvgIpc) is 2.41. The largest absolute Gasteiger partial charge is 0.465 e. The van der Waals surface area contributed by atoms with E-state index in [9.17, 15) is 14.4 Å². The highest BCUT2D eigenvalue weighted by molar-refractivity contribution is 6.25. The number of aromatic nitrogens is 1. The molecule has 0 aliphatic carbocycles. The monoisotopic (exact) mass is 279 g/mol. The molecule has 6 nitrogen and oxygen atoms in total. The second-order valence-electron chi connectivity index (χ2n) is 3.96. The van der Waals surface area contributed by atoms with Crippen LogP contribution in [0.3, 0.4) is 0 Å². The van der Waals surface area contributed by atoms with Crippen molar-refractivity contribution in [2.45, 2.75) is 26.2 Å². The number of ketones is 1. The van der Waals surface area contributed by atoms with E-state index in [4.69, 9.17) is 9.47 Å². The molecule has 0 unspecified atom stereocenters. The van der Waals surface area contributed by atoms with Crippen LogP contribution in [0.5, 0.6) is 0 Å². The lowest BCUT2D eigenvalue weighted by atomic mass is 9.80. The Hall–Kier alpha value is -2.24. The summed E-state index contributed by atoms with van der Waals surface area (Å²) in [5, 5.41) is 0. The first-order valence-corrected chi connectivity index (χ1v) is 6.28. The third-order valence-corrected chi connectivity index (χ3v) is 2.74. The Labute approximate surface area is 117 Å². The zero-order valence-corrected chi connectivity index (χ0v) is 11.7. The SMILES string of the molecule is CCOC(=O)C(C(C)=O)(C(=O)OCC)c1ccccn1. The highest BCUT2D eigenvalue weighted by Crippen LogP contribution is 2.27. The summed E-state index contributed by atoms with van der Waals surface area (Å²) >= 11 is 0. The van der Waals surface area contributed by atoms with Gasteiger partial charge in [-0.1, -0.05) is 6.07 Å². The molecule has 0 atom stereocenters. The molecule has 0 spiro atoms. The molecule has 1 heterocycles. The summed E-state index contributed by atoms with van der Waals surface area (Å²) in [6, 6.07) is 4.62. The Morgan fingerprint density at radius 1 is 1.10 bits per heavy atom. The number of hydrogen-bond acceptors (Lipinski definition) is 6. The van der Waals surface area contributed by atoms with Crippen LogP contribution in [0.25, 0.3) is 0 Å². The Bertz CT molecular complexity index is 480. The molecule has 0 bridgehead atoms. The van der Waals surface area contributed by atoms with E-state index in [0.29, 0.717) is 0 Å². The van der Waals surface area contributed by atoms with E-state index in [1.807, 2.05) is 0 Å². The van der Waals surface area contributed by atoms with Crippen LogP contribution in [-0.4, -0.2) is 35.9 Å². The van der Waals surface area contributed by atoms with Crippen LogP contribution in [-0.2, 0) is 29.3 Å². The van der Waals surface area contributed by atoms with Gasteiger partial charge in [0.05, 0.1) is 18.9 Å². The molecule has 0 amide bonds. The predicted molar refractivity (Wildman–Crippen MR) is 69.9 cm³/mol. The van der Waals surface area contributed by atoms with Gasteiger partial charge in [0, 0.05) is 6.20 Å². The maximum Gasteiger partial charge on any atom is 0.337 e. The van der Waals surface area contributed by atoms with Crippen LogP contribution in [0.15, 0.2) is 24.4 Å². The van der Waals surface area contributed by atoms with Gasteiger partial charge >= 0.3 is 11.9 Å². The first-order chi connectivity index (χ1) is 9.51. The highest BCUT2D eigenvalue weighted by Gasteiger charge is 2.56. The molecule has 20 heavy (non-hydrogen) atoms. The molecular weight excluding hydrogens is 262 g/mol. The number of ether oxygens (including phenoxy) is 2. The molecule has 0 aromatic carbocycles. The molecule has 0 saturated heterocycles. The van der Waals surface area contributed by atoms with Crippen molar-refractivity contribution in [3.8, 4) is 0 Å². The molecule has 6 heteroatoms. The summed E-state index contributed by atoms with van der Waals surface area (Å²) < 4.78 is 9.78. The van der Waals surface area contributed by atoms with Crippen molar-refractivity contribution in [2.75, 3.05) is 13.2 Å². The number of esters is 2. The second-order valence-corrected chi connectivity index (χ2v) is 3.96. The van der Waals surface area contributed by atoms with Gasteiger partial charge in [0.2, 0.25) is 0 Å². The normalized spacial score (nSPS) is 10.8. The summed E-state index contributed by atoms with van der Waals surface area (Å²) in [6.07, 6.45) is 1.39. The molecule has 1 rings (SSSR count). The van der Waals surface area contributed by atoms with Gasteiger partial charge in [-0.3, -0.25) is 9.78 Å². The van der Waals surface area contributed by atoms with Crippen LogP contribution in [0.2, 0.25) is 0 Å². The Morgan fingerprint density at radius 3 is 2.00 bits per heavy atom. The smallest absolute Gasteiger partial charge is 0.337 e. The van der Waals surface area contributed by atoms with Crippen molar-refractivity contribution < 1.29 is 23.9 Å². The fourth-order valence-electron chi connectivity index (χ4n) is 1.82. The summed E-state index contributed by atoms with van der Waals surface area (Å²) in [7, 11) is 0. The van der Waals surface area contributed by atoms with E-state index in [1.165, 1.54) is 12.3 Å². The van der Waals surface area contributed by atoms with Gasteiger partial charge in [-0.05, 0) is 32.9 Å². The molecule has 0 N–H and O–H groups in total. The van der Waals surface area contributed by atoms with Crippen LogP contribution >= 0.6 is 0 Å². The van der Waals surface area contributed by atoms with E-state index in [-0.39, 0.29) is 18.9 Å². The van der Waals surface area contributed by atoms with Gasteiger partial charge in [0.1, 0.15) is 0 Å². The Morgan fingerprint density at radius 2 is 1.65 bits per heavy atom. The van der Waals surface area contributed by atoms with Crippen LogP contribution in [0, 0.1) is 0 Å². The molecule has 0 aliphatic rings. The zero-order chi connectivity index (χ0) is 15.2. The molecule has 1 aromatic heterocycles. The quantitative estimate of drug-likeness (QED) is 0.571. The molecule has 0 saturated carbocycles. The van der Waals surface area contributed by atoms with Crippen molar-refractivity contribution in [3.05, 3.63) is 30.1 Å². The first kappa shape index (κ1) is 15.8. The first-order valence-electron chi connectivity index (χ1n) is 6.28. The van der Waals surface area contributed by atoms with Crippen molar-refractivity contribution in [2.24, 2.45) is 0 Å². The summed E-state index contributed by atoms with van der Waals surface area (Å²) in [5.74, 6) is -2.62. The number of pyridine rings is 1. The van der Waals surface area contributed by atoms with E-state index >= 15 is 0 Å². The van der Waals surface area contributed by atoms with E-state index in [0.717, 1.165) is 6.92 Å². The number of nitrogens with zero attached hydrogens (tertiary/aromatic N) is 1. The van der Waals surface area contributed by atoms with Gasteiger partial charge in [-0.2, -0.15) is 0 Å². The predicted octanol–water partition coefficient (Wildman–Crippen LogP) is 1.03. The second kappa shape index (κ2) is 6.79. The van der Waals surface area contributed by atoms with Gasteiger partial charge in [-0.25, -0.2) is 9.59 Å². The van der Waals surface area contributed by atoms with Crippen LogP contribution < -0.4 is 0 Å². The minimum absolute atomic E-state index is 0.00407. The number of carbonyl (C=O) groups is 3. The zero-order valence-electron chi connectivity index (χ0n) is 11.7. The molecule has 0 fully saturated rings. The van der Waals surface area contributed by atoms with Crippen molar-refractivity contribution in [1.82, 2.24) is 4.98 Å². The summed E-state index contributed by atoms with van der Waals surface area (Å²) in [4.78, 5) is 40.5. The van der Waals surface area contributed by atoms with Crippen molar-refractivity contribution >= 4 is 17.7 Å². The number of hydrogen-bond donors (Lipinski definition) is 0. The van der Waals surface area contributed by atoms with Crippen molar-refractivity contribution in [1.29, 1.82) is 0 Å². The molecule has 108 valence electrons.